The molecule has 1 unspecified atom stereocenters. The van der Waals surface area contributed by atoms with E-state index in [4.69, 9.17) is 0 Å². The van der Waals surface area contributed by atoms with Crippen molar-refractivity contribution >= 4 is 56.4 Å². The number of nitrogens with one attached hydrogen (secondary N) is 4. The number of nitrogens with zero attached hydrogens (tertiary/aromatic N) is 2. The summed E-state index contributed by atoms with van der Waals surface area (Å²) in [6.45, 7) is 3.82. The predicted octanol–water partition coefficient (Wildman–Crippen LogP) is 3.12. The lowest BCUT2D eigenvalue weighted by Gasteiger charge is -2.14. The summed E-state index contributed by atoms with van der Waals surface area (Å²) in [4.78, 5) is 42.6. The van der Waals surface area contributed by atoms with Gasteiger partial charge in [-0.1, -0.05) is 29.5 Å². The lowest BCUT2D eigenvalue weighted by atomic mass is 10.1. The van der Waals surface area contributed by atoms with Gasteiger partial charge in [-0.3, -0.25) is 19.5 Å². The molecule has 1 aromatic carbocycles. The van der Waals surface area contributed by atoms with Crippen molar-refractivity contribution in [3.8, 4) is 0 Å². The van der Waals surface area contributed by atoms with Crippen LogP contribution < -0.4 is 16.0 Å². The molecule has 4 rings (SSSR count). The van der Waals surface area contributed by atoms with Gasteiger partial charge in [0.1, 0.15) is 4.88 Å². The van der Waals surface area contributed by atoms with Gasteiger partial charge in [0, 0.05) is 18.0 Å². The van der Waals surface area contributed by atoms with Gasteiger partial charge in [-0.2, -0.15) is 5.10 Å². The first-order valence-electron chi connectivity index (χ1n) is 10.2. The van der Waals surface area contributed by atoms with E-state index in [9.17, 15) is 14.4 Å². The monoisotopic (exact) mass is 482 g/mol. The number of rotatable bonds is 8. The van der Waals surface area contributed by atoms with E-state index in [0.717, 1.165) is 27.8 Å². The Balaban J connectivity index is 1.32. The molecule has 0 fully saturated rings. The minimum absolute atomic E-state index is 0.165. The molecule has 11 heteroatoms. The second kappa shape index (κ2) is 9.92. The van der Waals surface area contributed by atoms with E-state index in [1.54, 1.807) is 19.2 Å². The highest BCUT2D eigenvalue weighted by Crippen LogP contribution is 2.23. The second-order valence-corrected chi connectivity index (χ2v) is 9.42. The Bertz CT molecular complexity index is 1290. The fourth-order valence-electron chi connectivity index (χ4n) is 3.26. The van der Waals surface area contributed by atoms with Crippen LogP contribution in [0.5, 0.6) is 0 Å². The van der Waals surface area contributed by atoms with Crippen molar-refractivity contribution in [2.75, 3.05) is 11.9 Å². The van der Waals surface area contributed by atoms with Gasteiger partial charge in [-0.05, 0) is 36.9 Å². The lowest BCUT2D eigenvalue weighted by Crippen LogP contribution is -2.41. The van der Waals surface area contributed by atoms with Crippen LogP contribution in [-0.2, 0) is 11.2 Å². The molecule has 3 amide bonds. The zero-order valence-corrected chi connectivity index (χ0v) is 19.6. The van der Waals surface area contributed by atoms with Crippen LogP contribution in [0.4, 0.5) is 5.13 Å². The van der Waals surface area contributed by atoms with Crippen LogP contribution in [0.2, 0.25) is 0 Å². The number of carbonyl (C=O) groups excluding carboxylic acids is 3. The topological polar surface area (TPSA) is 129 Å². The van der Waals surface area contributed by atoms with E-state index in [2.05, 4.69) is 31.1 Å². The van der Waals surface area contributed by atoms with Crippen LogP contribution in [0.15, 0.2) is 41.9 Å². The standard InChI is InChI=1S/C22H22N6O3S2/c1-12(10-23-20(30)17-7-4-8-32-17)25-21(31)19-13(2)26-22(33-19)27-18(29)9-14-5-3-6-16-15(14)11-24-28-16/h3-8,11-12H,9-10H2,1-2H3,(H,23,30)(H,24,28)(H,25,31)(H,26,27,29). The van der Waals surface area contributed by atoms with Crippen molar-refractivity contribution in [1.82, 2.24) is 25.8 Å². The van der Waals surface area contributed by atoms with Crippen LogP contribution in [0.25, 0.3) is 10.9 Å². The molecule has 0 aliphatic rings. The number of H-pyrrole nitrogens is 1. The van der Waals surface area contributed by atoms with Crippen LogP contribution >= 0.6 is 22.7 Å². The van der Waals surface area contributed by atoms with Crippen molar-refractivity contribution in [2.45, 2.75) is 26.3 Å². The third kappa shape index (κ3) is 5.44. The summed E-state index contributed by atoms with van der Waals surface area (Å²) < 4.78 is 0. The Morgan fingerprint density at radius 2 is 2.00 bits per heavy atom. The van der Waals surface area contributed by atoms with Gasteiger partial charge >= 0.3 is 0 Å². The summed E-state index contributed by atoms with van der Waals surface area (Å²) >= 11 is 2.48. The van der Waals surface area contributed by atoms with E-state index in [1.807, 2.05) is 36.6 Å². The molecule has 0 aliphatic heterocycles. The number of anilines is 1. The first-order valence-corrected chi connectivity index (χ1v) is 11.9. The van der Waals surface area contributed by atoms with Crippen molar-refractivity contribution in [3.63, 3.8) is 0 Å². The molecule has 0 bridgehead atoms. The number of amides is 3. The molecular weight excluding hydrogens is 460 g/mol. The fraction of sp³-hybridized carbons (Fsp3) is 0.227. The minimum Gasteiger partial charge on any atom is -0.349 e. The average molecular weight is 483 g/mol. The minimum atomic E-state index is -0.300. The number of thiophene rings is 1. The van der Waals surface area contributed by atoms with Crippen LogP contribution in [0, 0.1) is 6.92 Å². The molecule has 4 N–H and O–H groups in total. The molecule has 33 heavy (non-hydrogen) atoms. The average Bonchev–Trinajstić information content (AvgIpc) is 3.53. The van der Waals surface area contributed by atoms with Gasteiger partial charge in [-0.15, -0.1) is 11.3 Å². The molecule has 1 atom stereocenters. The Kier molecular flexibility index (Phi) is 6.80. The SMILES string of the molecule is Cc1nc(NC(=O)Cc2cccc3[nH]ncc23)sc1C(=O)NC(C)CNC(=O)c1cccs1. The molecule has 0 saturated carbocycles. The molecule has 170 valence electrons. The predicted molar refractivity (Wildman–Crippen MR) is 129 cm³/mol. The number of carbonyl (C=O) groups is 3. The number of hydrogen-bond acceptors (Lipinski definition) is 7. The zero-order valence-electron chi connectivity index (χ0n) is 18.0. The number of fused-ring (bicyclic) bond motifs is 1. The third-order valence-corrected chi connectivity index (χ3v) is 6.81. The normalized spacial score (nSPS) is 11.8. The Labute approximate surface area is 197 Å². The maximum atomic E-state index is 12.7. The first-order chi connectivity index (χ1) is 15.9. The van der Waals surface area contributed by atoms with Gasteiger partial charge in [-0.25, -0.2) is 4.98 Å². The van der Waals surface area contributed by atoms with Gasteiger partial charge < -0.3 is 16.0 Å². The van der Waals surface area contributed by atoms with Crippen molar-refractivity contribution in [3.05, 3.63) is 62.9 Å². The maximum absolute atomic E-state index is 12.7. The van der Waals surface area contributed by atoms with E-state index in [-0.39, 0.29) is 30.2 Å². The number of thiazole rings is 1. The summed E-state index contributed by atoms with van der Waals surface area (Å²) in [5.74, 6) is -0.697. The lowest BCUT2D eigenvalue weighted by molar-refractivity contribution is -0.115. The number of aromatic amines is 1. The second-order valence-electron chi connectivity index (χ2n) is 7.47. The molecule has 0 radical (unpaired) electrons. The van der Waals surface area contributed by atoms with E-state index >= 15 is 0 Å². The summed E-state index contributed by atoms with van der Waals surface area (Å²) in [5, 5.41) is 18.4. The highest BCUT2D eigenvalue weighted by Gasteiger charge is 2.19. The summed E-state index contributed by atoms with van der Waals surface area (Å²) in [6.07, 6.45) is 1.86. The summed E-state index contributed by atoms with van der Waals surface area (Å²) in [7, 11) is 0. The van der Waals surface area contributed by atoms with Crippen LogP contribution in [0.3, 0.4) is 0 Å². The zero-order chi connectivity index (χ0) is 23.4. The number of aryl methyl sites for hydroxylation is 1. The molecule has 0 aliphatic carbocycles. The Morgan fingerprint density at radius 3 is 2.79 bits per heavy atom. The molecule has 4 aromatic rings. The molecule has 0 saturated heterocycles. The third-order valence-electron chi connectivity index (χ3n) is 4.87. The van der Waals surface area contributed by atoms with Crippen molar-refractivity contribution in [2.24, 2.45) is 0 Å². The highest BCUT2D eigenvalue weighted by atomic mass is 32.1. The fourth-order valence-corrected chi connectivity index (χ4v) is 4.79. The number of hydrogen-bond donors (Lipinski definition) is 4. The number of benzene rings is 1. The van der Waals surface area contributed by atoms with E-state index in [1.165, 1.54) is 11.3 Å². The van der Waals surface area contributed by atoms with E-state index in [0.29, 0.717) is 27.1 Å². The highest BCUT2D eigenvalue weighted by molar-refractivity contribution is 7.17. The first kappa shape index (κ1) is 22.6. The Morgan fingerprint density at radius 1 is 1.15 bits per heavy atom. The van der Waals surface area contributed by atoms with Crippen molar-refractivity contribution in [1.29, 1.82) is 0 Å². The summed E-state index contributed by atoms with van der Waals surface area (Å²) in [5.41, 5.74) is 2.24. The molecule has 3 heterocycles. The number of aromatic nitrogens is 3. The Hall–Kier alpha value is -3.57. The smallest absolute Gasteiger partial charge is 0.263 e. The molecule has 0 spiro atoms. The van der Waals surface area contributed by atoms with Gasteiger partial charge in [0.05, 0.1) is 28.7 Å². The van der Waals surface area contributed by atoms with Crippen LogP contribution in [-0.4, -0.2) is 45.5 Å². The van der Waals surface area contributed by atoms with Gasteiger partial charge in [0.15, 0.2) is 5.13 Å². The van der Waals surface area contributed by atoms with Gasteiger partial charge in [0.2, 0.25) is 5.91 Å². The van der Waals surface area contributed by atoms with Gasteiger partial charge in [0.25, 0.3) is 11.8 Å². The van der Waals surface area contributed by atoms with Crippen LogP contribution in [0.1, 0.15) is 37.5 Å². The van der Waals surface area contributed by atoms with Crippen molar-refractivity contribution < 1.29 is 14.4 Å². The largest absolute Gasteiger partial charge is 0.349 e. The quantitative estimate of drug-likeness (QED) is 0.307. The summed E-state index contributed by atoms with van der Waals surface area (Å²) in [6, 6.07) is 8.91. The molecule has 9 nitrogen and oxygen atoms in total. The van der Waals surface area contributed by atoms with E-state index < -0.39 is 0 Å². The molecule has 3 aromatic heterocycles. The maximum Gasteiger partial charge on any atom is 0.263 e. The molecular formula is C22H22N6O3S2.